The molecule has 0 N–H and O–H groups in total. The molecular weight excluding hydrogens is 488 g/mol. The Morgan fingerprint density at radius 2 is 1.69 bits per heavy atom. The monoisotopic (exact) mass is 518 g/mol. The van der Waals surface area contributed by atoms with Gasteiger partial charge in [-0.1, -0.05) is 41.9 Å². The zero-order valence-corrected chi connectivity index (χ0v) is 22.2. The molecule has 0 aliphatic heterocycles. The lowest BCUT2D eigenvalue weighted by Crippen LogP contribution is -2.36. The van der Waals surface area contributed by atoms with Gasteiger partial charge in [-0.15, -0.1) is 0 Å². The number of hydrogen-bond donors (Lipinski definition) is 0. The molecule has 0 saturated carbocycles. The van der Waals surface area contributed by atoms with E-state index >= 15 is 0 Å². The van der Waals surface area contributed by atoms with Crippen molar-refractivity contribution in [3.63, 3.8) is 0 Å². The molecule has 0 atom stereocenters. The smallest absolute Gasteiger partial charge is 0.300 e. The molecule has 3 aromatic rings. The first-order valence-corrected chi connectivity index (χ1v) is 13.2. The molecule has 3 rings (SSSR count). The van der Waals surface area contributed by atoms with Gasteiger partial charge in [0.2, 0.25) is 0 Å². The summed E-state index contributed by atoms with van der Waals surface area (Å²) in [5.41, 5.74) is 2.83. The summed E-state index contributed by atoms with van der Waals surface area (Å²) >= 11 is 6.33. The van der Waals surface area contributed by atoms with E-state index in [1.54, 1.807) is 25.3 Å². The number of rotatable bonds is 9. The Morgan fingerprint density at radius 1 is 1.03 bits per heavy atom. The van der Waals surface area contributed by atoms with Crippen LogP contribution in [0, 0.1) is 6.92 Å². The summed E-state index contributed by atoms with van der Waals surface area (Å²) in [6.45, 7) is 9.46. The van der Waals surface area contributed by atoms with Crippen LogP contribution in [0.3, 0.4) is 0 Å². The number of benzene rings is 2. The predicted octanol–water partition coefficient (Wildman–Crippen LogP) is 5.05. The van der Waals surface area contributed by atoms with Gasteiger partial charge in [-0.3, -0.25) is 8.98 Å². The van der Waals surface area contributed by atoms with Crippen LogP contribution in [0.4, 0.5) is 0 Å². The Bertz CT molecular complexity index is 1340. The minimum atomic E-state index is -3.88. The third-order valence-corrected chi connectivity index (χ3v) is 7.19. The molecule has 9 heteroatoms. The van der Waals surface area contributed by atoms with Gasteiger partial charge in [0.05, 0.1) is 18.3 Å². The van der Waals surface area contributed by atoms with Gasteiger partial charge in [0.15, 0.2) is 0 Å². The summed E-state index contributed by atoms with van der Waals surface area (Å²) in [6.07, 6.45) is 2.94. The maximum Gasteiger partial charge on any atom is 0.300 e. The van der Waals surface area contributed by atoms with Crippen molar-refractivity contribution in [2.45, 2.75) is 64.5 Å². The van der Waals surface area contributed by atoms with Crippen molar-refractivity contribution >= 4 is 21.7 Å². The van der Waals surface area contributed by atoms with Crippen LogP contribution in [0.2, 0.25) is 5.02 Å². The molecular formula is C26H31ClN2O5S. The Morgan fingerprint density at radius 3 is 2.31 bits per heavy atom. The van der Waals surface area contributed by atoms with Gasteiger partial charge in [-0.25, -0.2) is 4.68 Å². The summed E-state index contributed by atoms with van der Waals surface area (Å²) < 4.78 is 36.9. The minimum Gasteiger partial charge on any atom is -0.487 e. The van der Waals surface area contributed by atoms with Crippen molar-refractivity contribution in [1.29, 1.82) is 0 Å². The summed E-state index contributed by atoms with van der Waals surface area (Å²) in [5.74, 6) is 0.259. The SMILES string of the molecule is CCOS(=O)(=O)c1ccc(C)cc1OCc1ccc(CCc2cnn(C(C)(C)C)c(=O)c2Cl)cc1. The molecule has 0 aliphatic rings. The highest BCUT2D eigenvalue weighted by Gasteiger charge is 2.21. The number of halogens is 1. The average Bonchev–Trinajstić information content (AvgIpc) is 2.78. The Hall–Kier alpha value is -2.68. The molecule has 0 fully saturated rings. The first kappa shape index (κ1) is 26.9. The predicted molar refractivity (Wildman–Crippen MR) is 137 cm³/mol. The van der Waals surface area contributed by atoms with Crippen molar-refractivity contribution in [3.05, 3.63) is 86.3 Å². The fourth-order valence-corrected chi connectivity index (χ4v) is 4.77. The highest BCUT2D eigenvalue weighted by Crippen LogP contribution is 2.27. The van der Waals surface area contributed by atoms with Gasteiger partial charge in [0.25, 0.3) is 5.56 Å². The van der Waals surface area contributed by atoms with Crippen LogP contribution >= 0.6 is 11.6 Å². The van der Waals surface area contributed by atoms with Gasteiger partial charge in [0, 0.05) is 0 Å². The maximum atomic E-state index is 12.5. The number of hydrogen-bond acceptors (Lipinski definition) is 6. The molecule has 1 heterocycles. The van der Waals surface area contributed by atoms with E-state index < -0.39 is 15.7 Å². The summed E-state index contributed by atoms with van der Waals surface area (Å²) in [6, 6.07) is 12.7. The van der Waals surface area contributed by atoms with E-state index in [-0.39, 0.29) is 34.4 Å². The second kappa shape index (κ2) is 10.9. The second-order valence-electron chi connectivity index (χ2n) is 9.29. The van der Waals surface area contributed by atoms with Crippen LogP contribution in [0.5, 0.6) is 5.75 Å². The van der Waals surface area contributed by atoms with Crippen molar-refractivity contribution in [2.75, 3.05) is 6.61 Å². The largest absolute Gasteiger partial charge is 0.487 e. The van der Waals surface area contributed by atoms with E-state index in [0.717, 1.165) is 16.7 Å². The number of aryl methyl sites for hydroxylation is 3. The van der Waals surface area contributed by atoms with Crippen LogP contribution in [0.25, 0.3) is 0 Å². The Kier molecular flexibility index (Phi) is 8.41. The molecule has 35 heavy (non-hydrogen) atoms. The first-order valence-electron chi connectivity index (χ1n) is 11.4. The highest BCUT2D eigenvalue weighted by molar-refractivity contribution is 7.86. The zero-order valence-electron chi connectivity index (χ0n) is 20.7. The van der Waals surface area contributed by atoms with Crippen molar-refractivity contribution < 1.29 is 17.3 Å². The van der Waals surface area contributed by atoms with Gasteiger partial charge in [0.1, 0.15) is 22.3 Å². The fourth-order valence-electron chi connectivity index (χ4n) is 3.51. The quantitative estimate of drug-likeness (QED) is 0.368. The lowest BCUT2D eigenvalue weighted by molar-refractivity contribution is 0.291. The molecule has 1 aromatic heterocycles. The summed E-state index contributed by atoms with van der Waals surface area (Å²) in [5, 5.41) is 4.49. The van der Waals surface area contributed by atoms with Crippen molar-refractivity contribution in [1.82, 2.24) is 9.78 Å². The number of aromatic nitrogens is 2. The summed E-state index contributed by atoms with van der Waals surface area (Å²) in [7, 11) is -3.88. The Labute approximate surface area is 211 Å². The molecule has 0 spiro atoms. The normalized spacial score (nSPS) is 12.1. The van der Waals surface area contributed by atoms with Gasteiger partial charge < -0.3 is 4.74 Å². The molecule has 0 saturated heterocycles. The van der Waals surface area contributed by atoms with E-state index in [1.165, 1.54) is 10.7 Å². The van der Waals surface area contributed by atoms with Crippen molar-refractivity contribution in [2.24, 2.45) is 0 Å². The molecule has 0 amide bonds. The van der Waals surface area contributed by atoms with Gasteiger partial charge in [-0.05, 0) is 81.8 Å². The molecule has 2 aromatic carbocycles. The molecule has 0 radical (unpaired) electrons. The maximum absolute atomic E-state index is 12.5. The molecule has 0 unspecified atom stereocenters. The average molecular weight is 519 g/mol. The van der Waals surface area contributed by atoms with E-state index in [0.29, 0.717) is 18.4 Å². The van der Waals surface area contributed by atoms with Gasteiger partial charge in [-0.2, -0.15) is 13.5 Å². The van der Waals surface area contributed by atoms with Gasteiger partial charge >= 0.3 is 10.1 Å². The minimum absolute atomic E-state index is 0.0143. The molecule has 0 aliphatic carbocycles. The van der Waals surface area contributed by atoms with Crippen LogP contribution < -0.4 is 10.3 Å². The lowest BCUT2D eigenvalue weighted by Gasteiger charge is -2.21. The first-order chi connectivity index (χ1) is 16.4. The van der Waals surface area contributed by atoms with Crippen LogP contribution in [-0.2, 0) is 39.3 Å². The van der Waals surface area contributed by atoms with E-state index in [2.05, 4.69) is 5.10 Å². The third kappa shape index (κ3) is 6.72. The second-order valence-corrected chi connectivity index (χ2v) is 11.2. The fraction of sp³-hybridized carbons (Fsp3) is 0.385. The van der Waals surface area contributed by atoms with Crippen molar-refractivity contribution in [3.8, 4) is 5.75 Å². The Balaban J connectivity index is 1.67. The van der Waals surface area contributed by atoms with E-state index in [1.807, 2.05) is 52.0 Å². The van der Waals surface area contributed by atoms with Crippen LogP contribution in [0.15, 0.2) is 58.4 Å². The standard InChI is InChI=1S/C26H31ClN2O5S/c1-6-34-35(31,32)23-14-7-18(2)15-22(23)33-17-20-10-8-19(9-11-20)12-13-21-16-28-29(26(3,4)5)25(30)24(21)27/h7-11,14-16H,6,12-13,17H2,1-5H3. The van der Waals surface area contributed by atoms with Crippen LogP contribution in [-0.4, -0.2) is 24.8 Å². The number of nitrogens with zero attached hydrogens (tertiary/aromatic N) is 2. The highest BCUT2D eigenvalue weighted by atomic mass is 35.5. The zero-order chi connectivity index (χ0) is 25.8. The van der Waals surface area contributed by atoms with E-state index in [9.17, 15) is 13.2 Å². The number of ether oxygens (including phenoxy) is 1. The summed E-state index contributed by atoms with van der Waals surface area (Å²) in [4.78, 5) is 12.5. The molecule has 7 nitrogen and oxygen atoms in total. The van der Waals surface area contributed by atoms with Crippen LogP contribution in [0.1, 0.15) is 49.9 Å². The topological polar surface area (TPSA) is 87.5 Å². The molecule has 188 valence electrons. The lowest BCUT2D eigenvalue weighted by atomic mass is 10.0. The molecule has 0 bridgehead atoms. The van der Waals surface area contributed by atoms with E-state index in [4.69, 9.17) is 20.5 Å². The third-order valence-electron chi connectivity index (χ3n) is 5.37.